The molecule has 0 aliphatic carbocycles. The van der Waals surface area contributed by atoms with Gasteiger partial charge in [-0.15, -0.1) is 0 Å². The Balaban J connectivity index is 2.23. The first kappa shape index (κ1) is 11.7. The molecule has 2 atom stereocenters. The van der Waals surface area contributed by atoms with Gasteiger partial charge in [0.1, 0.15) is 17.7 Å². The number of aliphatic hydroxyl groups excluding tert-OH is 1. The Morgan fingerprint density at radius 3 is 2.78 bits per heavy atom. The molecular weight excluding hydrogens is 251 g/mol. The van der Waals surface area contributed by atoms with Crippen molar-refractivity contribution in [2.24, 2.45) is 0 Å². The molecule has 2 unspecified atom stereocenters. The van der Waals surface area contributed by atoms with Gasteiger partial charge in [0.15, 0.2) is 4.90 Å². The van der Waals surface area contributed by atoms with Gasteiger partial charge in [-0.3, -0.25) is 0 Å². The fourth-order valence-corrected chi connectivity index (χ4v) is 3.61. The lowest BCUT2D eigenvalue weighted by atomic mass is 9.98. The van der Waals surface area contributed by atoms with E-state index in [1.807, 2.05) is 18.2 Å². The molecule has 0 saturated heterocycles. The molecule has 0 aromatic heterocycles. The molecule has 1 N–H and O–H groups in total. The van der Waals surface area contributed by atoms with Crippen LogP contribution in [0.1, 0.15) is 22.8 Å². The second-order valence-electron chi connectivity index (χ2n) is 4.27. The minimum Gasteiger partial charge on any atom is -0.611 e. The molecule has 2 aromatic carbocycles. The quantitative estimate of drug-likeness (QED) is 0.741. The van der Waals surface area contributed by atoms with Crippen molar-refractivity contribution in [3.8, 4) is 0 Å². The summed E-state index contributed by atoms with van der Waals surface area (Å²) in [6.45, 7) is 0. The minimum absolute atomic E-state index is 0.353. The minimum atomic E-state index is -1.25. The zero-order valence-corrected chi connectivity index (χ0v) is 10.3. The lowest BCUT2D eigenvalue weighted by Gasteiger charge is -2.12. The summed E-state index contributed by atoms with van der Waals surface area (Å²) in [5.74, 6) is -0.0736. The Hall–Kier alpha value is -1.36. The van der Waals surface area contributed by atoms with Gasteiger partial charge in [0.2, 0.25) is 0 Å². The molecule has 0 fully saturated rings. The molecule has 0 spiro atoms. The van der Waals surface area contributed by atoms with Gasteiger partial charge in [-0.1, -0.05) is 24.3 Å². The van der Waals surface area contributed by atoms with E-state index in [-0.39, 0.29) is 0 Å². The molecule has 1 aliphatic heterocycles. The van der Waals surface area contributed by atoms with Crippen LogP contribution in [0.25, 0.3) is 0 Å². The van der Waals surface area contributed by atoms with Crippen LogP contribution in [-0.2, 0) is 16.9 Å². The highest BCUT2D eigenvalue weighted by Crippen LogP contribution is 2.36. The number of rotatable bonds is 0. The van der Waals surface area contributed by atoms with Gasteiger partial charge in [0, 0.05) is 11.1 Å². The highest BCUT2D eigenvalue weighted by Gasteiger charge is 2.29. The highest BCUT2D eigenvalue weighted by atomic mass is 32.2. The van der Waals surface area contributed by atoms with E-state index in [1.165, 1.54) is 18.2 Å². The molecule has 2 nitrogen and oxygen atoms in total. The predicted octanol–water partition coefficient (Wildman–Crippen LogP) is 2.53. The number of hydrogen-bond acceptors (Lipinski definition) is 2. The predicted molar refractivity (Wildman–Crippen MR) is 67.0 cm³/mol. The molecule has 4 heteroatoms. The topological polar surface area (TPSA) is 43.3 Å². The molecule has 2 aromatic rings. The van der Waals surface area contributed by atoms with Crippen molar-refractivity contribution in [1.82, 2.24) is 0 Å². The van der Waals surface area contributed by atoms with Crippen LogP contribution in [0.2, 0.25) is 0 Å². The molecule has 0 saturated carbocycles. The van der Waals surface area contributed by atoms with Gasteiger partial charge in [-0.2, -0.15) is 0 Å². The molecule has 0 radical (unpaired) electrons. The number of hydrogen-bond donors (Lipinski definition) is 1. The highest BCUT2D eigenvalue weighted by molar-refractivity contribution is 7.90. The van der Waals surface area contributed by atoms with E-state index in [4.69, 9.17) is 0 Å². The van der Waals surface area contributed by atoms with E-state index < -0.39 is 23.1 Å². The van der Waals surface area contributed by atoms with E-state index in [1.54, 1.807) is 6.07 Å². The molecule has 1 aliphatic rings. The van der Waals surface area contributed by atoms with E-state index in [0.717, 1.165) is 5.56 Å². The summed E-state index contributed by atoms with van der Waals surface area (Å²) in [7, 11) is 0. The molecule has 92 valence electrons. The number of fused-ring (bicyclic) bond motifs is 2. The van der Waals surface area contributed by atoms with Crippen LogP contribution in [0.3, 0.4) is 0 Å². The average molecular weight is 262 g/mol. The maximum atomic E-state index is 13.3. The molecule has 1 heterocycles. The first-order valence-electron chi connectivity index (χ1n) is 5.60. The third-order valence-electron chi connectivity index (χ3n) is 3.15. The largest absolute Gasteiger partial charge is 0.611 e. The monoisotopic (exact) mass is 262 g/mol. The normalized spacial score (nSPS) is 21.9. The van der Waals surface area contributed by atoms with Gasteiger partial charge in [-0.25, -0.2) is 4.39 Å². The van der Waals surface area contributed by atoms with Crippen LogP contribution in [0, 0.1) is 5.82 Å². The van der Waals surface area contributed by atoms with Crippen LogP contribution in [0.5, 0.6) is 0 Å². The smallest absolute Gasteiger partial charge is 0.159 e. The van der Waals surface area contributed by atoms with Gasteiger partial charge in [0.25, 0.3) is 0 Å². The van der Waals surface area contributed by atoms with Crippen molar-refractivity contribution in [1.29, 1.82) is 0 Å². The van der Waals surface area contributed by atoms with Crippen molar-refractivity contribution < 1.29 is 14.0 Å². The van der Waals surface area contributed by atoms with Crippen LogP contribution in [-0.4, -0.2) is 9.66 Å². The Morgan fingerprint density at radius 2 is 1.94 bits per heavy atom. The number of benzene rings is 2. The molecule has 3 rings (SSSR count). The Labute approximate surface area is 107 Å². The van der Waals surface area contributed by atoms with E-state index in [2.05, 4.69) is 0 Å². The van der Waals surface area contributed by atoms with Crippen molar-refractivity contribution >= 4 is 11.2 Å². The Kier molecular flexibility index (Phi) is 2.86. The van der Waals surface area contributed by atoms with E-state index in [0.29, 0.717) is 21.8 Å². The second kappa shape index (κ2) is 4.39. The summed E-state index contributed by atoms with van der Waals surface area (Å²) in [5.41, 5.74) is 1.95. The van der Waals surface area contributed by atoms with Gasteiger partial charge < -0.3 is 9.66 Å². The zero-order valence-electron chi connectivity index (χ0n) is 9.47. The Bertz CT molecular complexity index is 600. The standard InChI is InChI=1S/C14H11FO2S/c15-10-5-6-13-12(7-10)14(16)11-4-2-1-3-9(11)8-18(13)17/h1-7,14,16H,8H2. The van der Waals surface area contributed by atoms with Crippen LogP contribution in [0.15, 0.2) is 47.4 Å². The first-order valence-corrected chi connectivity index (χ1v) is 6.92. The van der Waals surface area contributed by atoms with Crippen LogP contribution >= 0.6 is 0 Å². The van der Waals surface area contributed by atoms with Crippen molar-refractivity contribution in [3.63, 3.8) is 0 Å². The van der Waals surface area contributed by atoms with Crippen molar-refractivity contribution in [2.45, 2.75) is 16.8 Å². The van der Waals surface area contributed by atoms with Crippen molar-refractivity contribution in [2.75, 3.05) is 0 Å². The SMILES string of the molecule is [O-][S+]1Cc2ccccc2C(O)c2cc(F)ccc21. The molecule has 18 heavy (non-hydrogen) atoms. The van der Waals surface area contributed by atoms with E-state index in [9.17, 15) is 14.0 Å². The van der Waals surface area contributed by atoms with Gasteiger partial charge in [-0.05, 0) is 34.9 Å². The van der Waals surface area contributed by atoms with Gasteiger partial charge >= 0.3 is 0 Å². The average Bonchev–Trinajstić information content (AvgIpc) is 2.47. The molecule has 0 bridgehead atoms. The van der Waals surface area contributed by atoms with E-state index >= 15 is 0 Å². The zero-order chi connectivity index (χ0) is 12.7. The summed E-state index contributed by atoms with van der Waals surface area (Å²) in [5, 5.41) is 10.3. The Morgan fingerprint density at radius 1 is 1.17 bits per heavy atom. The summed E-state index contributed by atoms with van der Waals surface area (Å²) >= 11 is -1.25. The summed E-state index contributed by atoms with van der Waals surface area (Å²) in [4.78, 5) is 0.514. The lowest BCUT2D eigenvalue weighted by Crippen LogP contribution is -2.06. The van der Waals surface area contributed by atoms with Crippen LogP contribution < -0.4 is 0 Å². The fourth-order valence-electron chi connectivity index (χ4n) is 2.26. The number of aliphatic hydroxyl groups is 1. The van der Waals surface area contributed by atoms with Crippen LogP contribution in [0.4, 0.5) is 4.39 Å². The first-order chi connectivity index (χ1) is 8.66. The van der Waals surface area contributed by atoms with Crippen molar-refractivity contribution in [3.05, 3.63) is 65.0 Å². The summed E-state index contributed by atoms with van der Waals surface area (Å²) < 4.78 is 25.5. The maximum Gasteiger partial charge on any atom is 0.159 e. The second-order valence-corrected chi connectivity index (χ2v) is 5.69. The third kappa shape index (κ3) is 1.82. The lowest BCUT2D eigenvalue weighted by molar-refractivity contribution is 0.216. The van der Waals surface area contributed by atoms with Gasteiger partial charge in [0.05, 0.1) is 0 Å². The fraction of sp³-hybridized carbons (Fsp3) is 0.143. The number of halogens is 1. The maximum absolute atomic E-state index is 13.3. The molecular formula is C14H11FO2S. The third-order valence-corrected chi connectivity index (χ3v) is 4.58. The summed E-state index contributed by atoms with van der Waals surface area (Å²) in [6, 6.07) is 11.3. The molecule has 0 amide bonds. The summed E-state index contributed by atoms with van der Waals surface area (Å²) in [6.07, 6.45) is -0.918.